The maximum atomic E-state index is 10.6. The van der Waals surface area contributed by atoms with Gasteiger partial charge in [-0.05, 0) is 0 Å². The number of aliphatic hydroxyl groups excluding tert-OH is 11. The Morgan fingerprint density at radius 1 is 0.500 bits per heavy atom. The SMILES string of the molecule is OC[C@@H](O)C1O[C@@H](O[C@H]2OC([C@H](O)CO)[C@H](O)[C@H]2O[C@@H]2OC([C@H](O)CO)[C@H](O)[C@H]2O)[C@H](O)[C@H]1O. The average molecular weight is 504 g/mol. The van der Waals surface area contributed by atoms with Crippen molar-refractivity contribution in [3.05, 3.63) is 0 Å². The van der Waals surface area contributed by atoms with Crippen LogP contribution in [0.5, 0.6) is 0 Å². The van der Waals surface area contributed by atoms with Gasteiger partial charge in [0.15, 0.2) is 18.9 Å². The van der Waals surface area contributed by atoms with Crippen LogP contribution in [0, 0.1) is 0 Å². The normalized spacial score (nSPS) is 47.7. The van der Waals surface area contributed by atoms with Crippen molar-refractivity contribution in [2.45, 2.75) is 92.1 Å². The third-order valence-corrected chi connectivity index (χ3v) is 6.00. The molecule has 0 aromatic carbocycles. The predicted molar refractivity (Wildman–Crippen MR) is 101 cm³/mol. The fraction of sp³-hybridized carbons (Fsp3) is 1.00. The Morgan fingerprint density at radius 3 is 1.26 bits per heavy atom. The Morgan fingerprint density at radius 2 is 0.853 bits per heavy atom. The lowest BCUT2D eigenvalue weighted by molar-refractivity contribution is -0.298. The van der Waals surface area contributed by atoms with Crippen molar-refractivity contribution in [1.29, 1.82) is 0 Å². The summed E-state index contributed by atoms with van der Waals surface area (Å²) in [7, 11) is 0. The van der Waals surface area contributed by atoms with Crippen molar-refractivity contribution >= 4 is 0 Å². The lowest BCUT2D eigenvalue weighted by Crippen LogP contribution is -2.46. The Balaban J connectivity index is 1.75. The molecule has 3 heterocycles. The van der Waals surface area contributed by atoms with Crippen molar-refractivity contribution in [3.8, 4) is 0 Å². The first-order chi connectivity index (χ1) is 16.0. The topological polar surface area (TPSA) is 269 Å². The fourth-order valence-corrected chi connectivity index (χ4v) is 4.04. The molecule has 0 amide bonds. The van der Waals surface area contributed by atoms with E-state index in [0.717, 1.165) is 0 Å². The first-order valence-corrected chi connectivity index (χ1v) is 10.6. The molecule has 16 heteroatoms. The van der Waals surface area contributed by atoms with Crippen LogP contribution in [0.15, 0.2) is 0 Å². The number of ether oxygens (including phenoxy) is 5. The van der Waals surface area contributed by atoms with Gasteiger partial charge in [-0.15, -0.1) is 0 Å². The van der Waals surface area contributed by atoms with Crippen LogP contribution in [-0.2, 0) is 23.7 Å². The van der Waals surface area contributed by atoms with Crippen molar-refractivity contribution in [3.63, 3.8) is 0 Å². The lowest BCUT2D eigenvalue weighted by Gasteiger charge is -2.28. The van der Waals surface area contributed by atoms with Crippen LogP contribution in [-0.4, -0.2) is 168 Å². The van der Waals surface area contributed by atoms with E-state index >= 15 is 0 Å². The van der Waals surface area contributed by atoms with Crippen molar-refractivity contribution in [2.75, 3.05) is 19.8 Å². The molecule has 3 aliphatic heterocycles. The monoisotopic (exact) mass is 504 g/mol. The molecule has 0 spiro atoms. The second-order valence-electron chi connectivity index (χ2n) is 8.35. The minimum atomic E-state index is -1.75. The third kappa shape index (κ3) is 5.37. The van der Waals surface area contributed by atoms with Gasteiger partial charge in [-0.2, -0.15) is 0 Å². The molecule has 3 saturated heterocycles. The van der Waals surface area contributed by atoms with Crippen LogP contribution < -0.4 is 0 Å². The van der Waals surface area contributed by atoms with Gasteiger partial charge in [0, 0.05) is 0 Å². The zero-order valence-corrected chi connectivity index (χ0v) is 17.7. The van der Waals surface area contributed by atoms with Crippen molar-refractivity contribution in [1.82, 2.24) is 0 Å². The molecule has 0 radical (unpaired) electrons. The lowest BCUT2D eigenvalue weighted by atomic mass is 10.1. The highest BCUT2D eigenvalue weighted by Gasteiger charge is 2.56. The molecule has 34 heavy (non-hydrogen) atoms. The van der Waals surface area contributed by atoms with E-state index in [1.54, 1.807) is 0 Å². The van der Waals surface area contributed by atoms with E-state index in [4.69, 9.17) is 33.9 Å². The smallest absolute Gasteiger partial charge is 0.190 e. The summed E-state index contributed by atoms with van der Waals surface area (Å²) < 4.78 is 26.8. The van der Waals surface area contributed by atoms with Crippen LogP contribution in [0.25, 0.3) is 0 Å². The molecule has 0 saturated carbocycles. The molecule has 200 valence electrons. The van der Waals surface area contributed by atoms with E-state index in [1.165, 1.54) is 0 Å². The van der Waals surface area contributed by atoms with Gasteiger partial charge in [0.2, 0.25) is 0 Å². The van der Waals surface area contributed by atoms with Gasteiger partial charge in [0.1, 0.15) is 73.2 Å². The largest absolute Gasteiger partial charge is 0.394 e. The highest BCUT2D eigenvalue weighted by Crippen LogP contribution is 2.35. The molecule has 3 unspecified atom stereocenters. The minimum Gasteiger partial charge on any atom is -0.394 e. The molecule has 0 aromatic heterocycles. The quantitative estimate of drug-likeness (QED) is 0.132. The number of rotatable bonds is 10. The minimum absolute atomic E-state index is 0.795. The van der Waals surface area contributed by atoms with E-state index in [2.05, 4.69) is 0 Å². The van der Waals surface area contributed by atoms with Crippen LogP contribution >= 0.6 is 0 Å². The highest BCUT2D eigenvalue weighted by atomic mass is 16.8. The maximum absolute atomic E-state index is 10.6. The van der Waals surface area contributed by atoms with E-state index in [9.17, 15) is 46.0 Å². The molecule has 0 aromatic rings. The van der Waals surface area contributed by atoms with Crippen LogP contribution in [0.4, 0.5) is 0 Å². The predicted octanol–water partition coefficient (Wildman–Crippen LogP) is -7.57. The second kappa shape index (κ2) is 11.6. The maximum Gasteiger partial charge on any atom is 0.190 e. The summed E-state index contributed by atoms with van der Waals surface area (Å²) in [6.45, 7) is -2.43. The summed E-state index contributed by atoms with van der Waals surface area (Å²) in [6, 6.07) is 0. The molecule has 0 bridgehead atoms. The summed E-state index contributed by atoms with van der Waals surface area (Å²) in [6.07, 6.45) is -24.3. The molecule has 16 nitrogen and oxygen atoms in total. The average Bonchev–Trinajstić information content (AvgIpc) is 3.40. The fourth-order valence-electron chi connectivity index (χ4n) is 4.04. The molecular formula is C18H32O16. The zero-order chi connectivity index (χ0) is 25.3. The van der Waals surface area contributed by atoms with Crippen LogP contribution in [0.1, 0.15) is 0 Å². The summed E-state index contributed by atoms with van der Waals surface area (Å²) in [5.74, 6) is 0. The van der Waals surface area contributed by atoms with Gasteiger partial charge in [-0.25, -0.2) is 0 Å². The zero-order valence-electron chi connectivity index (χ0n) is 17.7. The summed E-state index contributed by atoms with van der Waals surface area (Å²) in [5.41, 5.74) is 0. The van der Waals surface area contributed by atoms with Crippen LogP contribution in [0.3, 0.4) is 0 Å². The highest BCUT2D eigenvalue weighted by molar-refractivity contribution is 4.97. The van der Waals surface area contributed by atoms with Crippen molar-refractivity contribution < 1.29 is 79.9 Å². The molecular weight excluding hydrogens is 472 g/mol. The summed E-state index contributed by atoms with van der Waals surface area (Å²) >= 11 is 0. The molecule has 0 aliphatic carbocycles. The Labute approximate surface area is 192 Å². The van der Waals surface area contributed by atoms with Gasteiger partial charge in [0.25, 0.3) is 0 Å². The third-order valence-electron chi connectivity index (χ3n) is 6.00. The van der Waals surface area contributed by atoms with E-state index in [0.29, 0.717) is 0 Å². The second-order valence-corrected chi connectivity index (χ2v) is 8.35. The first-order valence-electron chi connectivity index (χ1n) is 10.6. The Kier molecular flexibility index (Phi) is 9.54. The van der Waals surface area contributed by atoms with Gasteiger partial charge >= 0.3 is 0 Å². The molecule has 3 aliphatic rings. The molecule has 3 rings (SSSR count). The molecule has 11 N–H and O–H groups in total. The molecule has 3 fully saturated rings. The van der Waals surface area contributed by atoms with E-state index in [1.807, 2.05) is 0 Å². The Hall–Kier alpha value is -0.640. The number of aliphatic hydroxyl groups is 11. The molecule has 15 atom stereocenters. The van der Waals surface area contributed by atoms with Gasteiger partial charge in [-0.1, -0.05) is 0 Å². The van der Waals surface area contributed by atoms with Crippen molar-refractivity contribution in [2.24, 2.45) is 0 Å². The van der Waals surface area contributed by atoms with Gasteiger partial charge in [0.05, 0.1) is 19.8 Å². The summed E-state index contributed by atoms with van der Waals surface area (Å²) in [4.78, 5) is 0. The standard InChI is InChI=1S/C18H32O16/c19-1-4(22)12-7(25)9(27)16(30-12)33-15-11(29)14(6(24)3-21)32-18(15)34-17-10(28)8(26)13(31-17)5(23)2-20/h4-29H,1-3H2/t4-,5-,6-,7-,8-,9-,10-,11+,12?,13?,14?,15-,16+,17+,18-/m1/s1. The number of hydrogen-bond acceptors (Lipinski definition) is 16. The van der Waals surface area contributed by atoms with E-state index in [-0.39, 0.29) is 0 Å². The number of hydrogen-bond donors (Lipinski definition) is 11. The van der Waals surface area contributed by atoms with E-state index < -0.39 is 112 Å². The Bertz CT molecular complexity index is 641. The van der Waals surface area contributed by atoms with Gasteiger partial charge in [-0.3, -0.25) is 0 Å². The first kappa shape index (κ1) is 27.9. The summed E-state index contributed by atoms with van der Waals surface area (Å²) in [5, 5.41) is 108. The van der Waals surface area contributed by atoms with Gasteiger partial charge < -0.3 is 79.9 Å². The van der Waals surface area contributed by atoms with Crippen LogP contribution in [0.2, 0.25) is 0 Å².